The largest absolute Gasteiger partial charge is 0.586 e. The monoisotopic (exact) mass is 844 g/mol. The normalized spacial score (nSPS) is 15.6. The lowest BCUT2D eigenvalue weighted by molar-refractivity contribution is -0.286. The molecule has 8 rings (SSSR count). The van der Waals surface area contributed by atoms with Gasteiger partial charge in [0.05, 0.1) is 17.5 Å². The standard InChI is InChI=1S/C45H42F2N8O7/c1-3-38(56)53-21-22-55(39(57)27-53)37-26-54-25-31(12-16-36(54)52-37)42(59)49-20-7-5-4-6-19-48-41(58)30-10-8-9-29(23-30)40-28(2)11-15-35(50-40)51-43(60)44(17-18-44)32-13-14-33-34(24-32)62-45(46,47)61-33/h3,8-18,23-26H,1,4-7,19-22,27H2,2H3,(H,48,58)(H,49,59)(H,50,51,60). The maximum absolute atomic E-state index is 13.6. The number of carbonyl (C=O) groups excluding carboxylic acids is 5. The fraction of sp³-hybridized carbons (Fsp3) is 0.267. The van der Waals surface area contributed by atoms with Gasteiger partial charge in [-0.3, -0.25) is 28.9 Å². The van der Waals surface area contributed by atoms with Crippen molar-refractivity contribution in [1.82, 2.24) is 29.9 Å². The minimum absolute atomic E-state index is 0.0531. The van der Waals surface area contributed by atoms with Gasteiger partial charge in [-0.1, -0.05) is 55.8 Å². The van der Waals surface area contributed by atoms with Gasteiger partial charge in [-0.25, -0.2) is 9.97 Å². The number of benzene rings is 2. The van der Waals surface area contributed by atoms with Crippen molar-refractivity contribution in [2.45, 2.75) is 44.3 Å². The van der Waals surface area contributed by atoms with Crippen molar-refractivity contribution in [3.8, 4) is 22.8 Å². The molecule has 5 heterocycles. The number of hydrogen-bond acceptors (Lipinski definition) is 9. The SMILES string of the molecule is C=CC(=O)N1CCN(c2cn3cc(C(=O)NCCCCCCNC(=O)c4cccc(-c5nc(NC(=O)C6(c7ccc8c(c7)OC(F)(F)O8)C=C6)ccc5C)c4)ccc3n2)C(=O)C1. The molecule has 0 spiro atoms. The number of alkyl halides is 2. The van der Waals surface area contributed by atoms with Gasteiger partial charge in [-0.15, -0.1) is 8.78 Å². The Balaban J connectivity index is 0.768. The van der Waals surface area contributed by atoms with E-state index in [1.54, 1.807) is 65.3 Å². The number of ether oxygens (including phenoxy) is 2. The molecule has 1 aliphatic carbocycles. The minimum Gasteiger partial charge on any atom is -0.395 e. The Hall–Kier alpha value is -7.43. The topological polar surface area (TPSA) is 177 Å². The fourth-order valence-electron chi connectivity index (χ4n) is 7.37. The van der Waals surface area contributed by atoms with Gasteiger partial charge in [0.25, 0.3) is 11.8 Å². The van der Waals surface area contributed by atoms with Crippen LogP contribution < -0.4 is 30.3 Å². The molecule has 0 saturated carbocycles. The van der Waals surface area contributed by atoms with Gasteiger partial charge in [0.2, 0.25) is 17.7 Å². The van der Waals surface area contributed by atoms with Gasteiger partial charge in [0.15, 0.2) is 17.3 Å². The lowest BCUT2D eigenvalue weighted by Gasteiger charge is -2.32. The molecule has 318 valence electrons. The summed E-state index contributed by atoms with van der Waals surface area (Å²) < 4.78 is 37.9. The number of aryl methyl sites for hydroxylation is 1. The molecule has 3 aromatic heterocycles. The van der Waals surface area contributed by atoms with Crippen molar-refractivity contribution in [2.75, 3.05) is 42.9 Å². The highest BCUT2D eigenvalue weighted by molar-refractivity contribution is 6.06. The van der Waals surface area contributed by atoms with E-state index >= 15 is 0 Å². The second kappa shape index (κ2) is 16.9. The molecule has 0 unspecified atom stereocenters. The van der Waals surface area contributed by atoms with E-state index in [0.717, 1.165) is 31.2 Å². The van der Waals surface area contributed by atoms with Crippen LogP contribution in [0.2, 0.25) is 0 Å². The third-order valence-electron chi connectivity index (χ3n) is 10.9. The third kappa shape index (κ3) is 8.73. The first-order valence-corrected chi connectivity index (χ1v) is 20.1. The fourth-order valence-corrected chi connectivity index (χ4v) is 7.37. The number of amides is 5. The third-order valence-corrected chi connectivity index (χ3v) is 10.9. The van der Waals surface area contributed by atoms with Crippen LogP contribution in [-0.4, -0.2) is 87.8 Å². The molecule has 62 heavy (non-hydrogen) atoms. The number of pyridine rings is 2. The van der Waals surface area contributed by atoms with Crippen molar-refractivity contribution >= 4 is 46.8 Å². The number of anilines is 2. The molecule has 5 amide bonds. The van der Waals surface area contributed by atoms with Crippen LogP contribution >= 0.6 is 0 Å². The minimum atomic E-state index is -3.77. The van der Waals surface area contributed by atoms with Gasteiger partial charge in [-0.2, -0.15) is 0 Å². The Morgan fingerprint density at radius 1 is 0.839 bits per heavy atom. The number of imidazole rings is 1. The molecule has 1 saturated heterocycles. The smallest absolute Gasteiger partial charge is 0.395 e. The molecule has 0 radical (unpaired) electrons. The van der Waals surface area contributed by atoms with Crippen molar-refractivity contribution in [1.29, 1.82) is 0 Å². The number of nitrogens with zero attached hydrogens (tertiary/aromatic N) is 5. The molecule has 15 nitrogen and oxygen atoms in total. The number of piperazine rings is 1. The highest BCUT2D eigenvalue weighted by Gasteiger charge is 2.48. The Bertz CT molecular complexity index is 2660. The first kappa shape index (κ1) is 41.3. The molecule has 0 atom stereocenters. The number of unbranched alkanes of at least 4 members (excludes halogenated alkanes) is 3. The molecule has 0 bridgehead atoms. The summed E-state index contributed by atoms with van der Waals surface area (Å²) in [5, 5.41) is 8.75. The summed E-state index contributed by atoms with van der Waals surface area (Å²) in [6.07, 6.45) is 7.29. The van der Waals surface area contributed by atoms with Gasteiger partial charge in [0.1, 0.15) is 23.4 Å². The summed E-state index contributed by atoms with van der Waals surface area (Å²) in [7, 11) is 0. The molecule has 17 heteroatoms. The van der Waals surface area contributed by atoms with Crippen LogP contribution in [-0.2, 0) is 19.8 Å². The molecule has 5 aromatic rings. The molecule has 2 aromatic carbocycles. The van der Waals surface area contributed by atoms with E-state index in [1.165, 1.54) is 34.1 Å². The van der Waals surface area contributed by atoms with Crippen LogP contribution in [0.4, 0.5) is 20.4 Å². The predicted molar refractivity (Wildman–Crippen MR) is 224 cm³/mol. The van der Waals surface area contributed by atoms with Gasteiger partial charge in [0, 0.05) is 43.5 Å². The molecule has 2 aliphatic heterocycles. The Morgan fingerprint density at radius 2 is 1.58 bits per heavy atom. The van der Waals surface area contributed by atoms with E-state index in [9.17, 15) is 32.8 Å². The van der Waals surface area contributed by atoms with Crippen LogP contribution in [0.5, 0.6) is 11.5 Å². The number of hydrogen-bond donors (Lipinski definition) is 3. The summed E-state index contributed by atoms with van der Waals surface area (Å²) in [5.41, 5.74) is 2.86. The quantitative estimate of drug-likeness (QED) is 0.0693. The zero-order chi connectivity index (χ0) is 43.6. The zero-order valence-electron chi connectivity index (χ0n) is 33.7. The van der Waals surface area contributed by atoms with Gasteiger partial charge in [-0.05, 0) is 79.4 Å². The Kier molecular flexibility index (Phi) is 11.3. The van der Waals surface area contributed by atoms with E-state index in [4.69, 9.17) is 0 Å². The maximum Gasteiger partial charge on any atom is 0.586 e. The van der Waals surface area contributed by atoms with Crippen LogP contribution in [0.25, 0.3) is 16.9 Å². The van der Waals surface area contributed by atoms with Crippen LogP contribution in [0.15, 0.2) is 104 Å². The molecule has 3 N–H and O–H groups in total. The van der Waals surface area contributed by atoms with E-state index in [0.29, 0.717) is 65.6 Å². The number of halogens is 2. The van der Waals surface area contributed by atoms with Crippen molar-refractivity contribution in [3.63, 3.8) is 0 Å². The van der Waals surface area contributed by atoms with Crippen molar-refractivity contribution in [3.05, 3.63) is 126 Å². The first-order valence-electron chi connectivity index (χ1n) is 20.1. The van der Waals surface area contributed by atoms with Gasteiger partial charge < -0.3 is 34.7 Å². The summed E-state index contributed by atoms with van der Waals surface area (Å²) in [6, 6.07) is 18.2. The van der Waals surface area contributed by atoms with E-state index < -0.39 is 17.6 Å². The van der Waals surface area contributed by atoms with Crippen molar-refractivity contribution in [2.24, 2.45) is 0 Å². The molecular weight excluding hydrogens is 803 g/mol. The Labute approximate surface area is 354 Å². The number of rotatable bonds is 15. The second-order valence-corrected chi connectivity index (χ2v) is 15.1. The summed E-state index contributed by atoms with van der Waals surface area (Å²) in [5.74, 6) is -0.963. The van der Waals surface area contributed by atoms with Crippen molar-refractivity contribution < 1.29 is 42.2 Å². The van der Waals surface area contributed by atoms with Crippen LogP contribution in [0, 0.1) is 6.92 Å². The lowest BCUT2D eigenvalue weighted by Crippen LogP contribution is -2.52. The van der Waals surface area contributed by atoms with Gasteiger partial charge >= 0.3 is 6.29 Å². The van der Waals surface area contributed by atoms with Crippen LogP contribution in [0.1, 0.15) is 57.5 Å². The summed E-state index contributed by atoms with van der Waals surface area (Å²) in [6.45, 7) is 6.92. The summed E-state index contributed by atoms with van der Waals surface area (Å²) in [4.78, 5) is 76.3. The zero-order valence-corrected chi connectivity index (χ0v) is 33.7. The molecule has 3 aliphatic rings. The molecular formula is C45H42F2N8O7. The second-order valence-electron chi connectivity index (χ2n) is 15.1. The van der Waals surface area contributed by atoms with Crippen LogP contribution in [0.3, 0.4) is 0 Å². The predicted octanol–water partition coefficient (Wildman–Crippen LogP) is 5.55. The highest BCUT2D eigenvalue weighted by Crippen LogP contribution is 2.47. The molecule has 1 fully saturated rings. The lowest BCUT2D eigenvalue weighted by atomic mass is 9.92. The number of aromatic nitrogens is 3. The number of fused-ring (bicyclic) bond motifs is 2. The number of nitrogens with one attached hydrogen (secondary N) is 3. The van der Waals surface area contributed by atoms with E-state index in [-0.39, 0.29) is 47.5 Å². The average Bonchev–Trinajstić information content (AvgIpc) is 3.87. The average molecular weight is 845 g/mol. The highest BCUT2D eigenvalue weighted by atomic mass is 19.3. The Morgan fingerprint density at radius 3 is 2.31 bits per heavy atom. The summed E-state index contributed by atoms with van der Waals surface area (Å²) >= 11 is 0. The van der Waals surface area contributed by atoms with E-state index in [2.05, 4.69) is 42.0 Å². The first-order chi connectivity index (χ1) is 29.8. The van der Waals surface area contributed by atoms with E-state index in [1.807, 2.05) is 19.1 Å². The maximum atomic E-state index is 13.6. The number of carbonyl (C=O) groups is 5.